The van der Waals surface area contributed by atoms with E-state index in [0.717, 1.165) is 12.8 Å². The maximum Gasteiger partial charge on any atom is 0.510 e. The van der Waals surface area contributed by atoms with Crippen molar-refractivity contribution in [2.45, 2.75) is 71.6 Å². The molecule has 2 aromatic rings. The van der Waals surface area contributed by atoms with Gasteiger partial charge in [0.05, 0.1) is 25.6 Å². The highest BCUT2D eigenvalue weighted by atomic mass is 35.5. The van der Waals surface area contributed by atoms with Gasteiger partial charge in [0.2, 0.25) is 12.1 Å². The van der Waals surface area contributed by atoms with E-state index in [9.17, 15) is 14.3 Å². The van der Waals surface area contributed by atoms with E-state index in [4.69, 9.17) is 30.3 Å². The summed E-state index contributed by atoms with van der Waals surface area (Å²) in [5.41, 5.74) is 1.02. The topological polar surface area (TPSA) is 156 Å². The number of anilines is 1. The number of halogens is 1. The Balaban J connectivity index is 1.44. The highest BCUT2D eigenvalue weighted by molar-refractivity contribution is 7.52. The van der Waals surface area contributed by atoms with E-state index in [1.54, 1.807) is 6.33 Å². The summed E-state index contributed by atoms with van der Waals surface area (Å²) in [7, 11) is -2.63. The molecule has 0 radical (unpaired) electrons. The van der Waals surface area contributed by atoms with Gasteiger partial charge in [-0.25, -0.2) is 9.78 Å². The van der Waals surface area contributed by atoms with E-state index < -0.39 is 26.9 Å². The fourth-order valence-electron chi connectivity index (χ4n) is 3.81. The van der Waals surface area contributed by atoms with Crippen molar-refractivity contribution in [1.29, 1.82) is 0 Å². The van der Waals surface area contributed by atoms with Gasteiger partial charge in [-0.2, -0.15) is 9.97 Å². The van der Waals surface area contributed by atoms with Crippen molar-refractivity contribution < 1.29 is 37.7 Å². The Bertz CT molecular complexity index is 1110. The Kier molecular flexibility index (Phi) is 11.1. The Morgan fingerprint density at radius 3 is 2.71 bits per heavy atom. The molecule has 1 aliphatic carbocycles. The number of fused-ring (bicyclic) bond motifs is 1. The van der Waals surface area contributed by atoms with Crippen LogP contribution in [0.1, 0.15) is 52.9 Å². The van der Waals surface area contributed by atoms with Gasteiger partial charge in [0, 0.05) is 19.7 Å². The predicted octanol–water partition coefficient (Wildman–Crippen LogP) is 4.57. The van der Waals surface area contributed by atoms with Gasteiger partial charge in [-0.1, -0.05) is 33.6 Å². The van der Waals surface area contributed by atoms with E-state index >= 15 is 0 Å². The van der Waals surface area contributed by atoms with E-state index in [0.29, 0.717) is 36.0 Å². The van der Waals surface area contributed by atoms with Crippen molar-refractivity contribution in [2.75, 3.05) is 38.8 Å². The first-order chi connectivity index (χ1) is 18.0. The minimum atomic E-state index is -4.15. The largest absolute Gasteiger partial charge is 0.510 e. The highest BCUT2D eigenvalue weighted by Gasteiger charge is 2.23. The van der Waals surface area contributed by atoms with Crippen LogP contribution in [0, 0.1) is 5.41 Å². The molecule has 1 fully saturated rings. The van der Waals surface area contributed by atoms with Crippen molar-refractivity contribution in [1.82, 2.24) is 19.5 Å². The number of nitrogens with one attached hydrogen (secondary N) is 1. The summed E-state index contributed by atoms with van der Waals surface area (Å²) in [5, 5.41) is 3.57. The molecular weight excluding hydrogens is 541 g/mol. The van der Waals surface area contributed by atoms with Crippen LogP contribution in [0.25, 0.3) is 11.2 Å². The molecule has 2 heterocycles. The lowest BCUT2D eigenvalue weighted by Gasteiger charge is -2.18. The lowest BCUT2D eigenvalue weighted by molar-refractivity contribution is -0.0169. The first-order valence-corrected chi connectivity index (χ1v) is 14.6. The number of carbonyl (C=O) groups is 1. The second-order valence-corrected chi connectivity index (χ2v) is 12.5. The molecule has 0 spiro atoms. The van der Waals surface area contributed by atoms with E-state index in [-0.39, 0.29) is 30.0 Å². The first kappa shape index (κ1) is 30.5. The average Bonchev–Trinajstić information content (AvgIpc) is 3.49. The van der Waals surface area contributed by atoms with Crippen molar-refractivity contribution >= 4 is 42.3 Å². The molecule has 2 atom stereocenters. The smallest absolute Gasteiger partial charge is 0.434 e. The molecule has 0 amide bonds. The van der Waals surface area contributed by atoms with Crippen LogP contribution in [0.2, 0.25) is 5.28 Å². The molecule has 214 valence electrons. The third-order valence-corrected chi connectivity index (χ3v) is 6.96. The number of carbonyl (C=O) groups excluding carboxylic acids is 1. The number of aromatic nitrogens is 4. The van der Waals surface area contributed by atoms with Crippen LogP contribution in [0.4, 0.5) is 10.6 Å². The number of hydrogen-bond donors (Lipinski definition) is 2. The van der Waals surface area contributed by atoms with E-state index in [1.165, 1.54) is 20.0 Å². The molecule has 0 aromatic carbocycles. The van der Waals surface area contributed by atoms with Crippen molar-refractivity contribution in [3.05, 3.63) is 11.6 Å². The zero-order valence-electron chi connectivity index (χ0n) is 22.2. The van der Waals surface area contributed by atoms with Crippen molar-refractivity contribution in [3.8, 4) is 0 Å². The van der Waals surface area contributed by atoms with Crippen LogP contribution in [0.5, 0.6) is 0 Å². The number of rotatable bonds is 14. The minimum absolute atomic E-state index is 0.0374. The number of hydrogen-bond acceptors (Lipinski definition) is 11. The van der Waals surface area contributed by atoms with Gasteiger partial charge in [-0.3, -0.25) is 9.09 Å². The maximum atomic E-state index is 12.2. The monoisotopic (exact) mass is 577 g/mol. The van der Waals surface area contributed by atoms with Crippen LogP contribution in [-0.4, -0.2) is 76.2 Å². The van der Waals surface area contributed by atoms with Gasteiger partial charge >= 0.3 is 13.8 Å². The van der Waals surface area contributed by atoms with E-state index in [2.05, 4.69) is 25.0 Å². The van der Waals surface area contributed by atoms with Gasteiger partial charge in [0.25, 0.3) is 0 Å². The predicted molar refractivity (Wildman–Crippen MR) is 140 cm³/mol. The average molecular weight is 578 g/mol. The fourth-order valence-corrected chi connectivity index (χ4v) is 4.60. The van der Waals surface area contributed by atoms with Crippen LogP contribution in [0.15, 0.2) is 6.33 Å². The van der Waals surface area contributed by atoms with E-state index in [1.807, 2.05) is 25.3 Å². The summed E-state index contributed by atoms with van der Waals surface area (Å²) < 4.78 is 39.1. The Morgan fingerprint density at radius 1 is 1.29 bits per heavy atom. The molecule has 1 aliphatic rings. The van der Waals surface area contributed by atoms with Gasteiger partial charge in [-0.15, -0.1) is 0 Å². The van der Waals surface area contributed by atoms with Gasteiger partial charge in [-0.05, 0) is 36.3 Å². The molecule has 3 rings (SSSR count). The molecule has 15 heteroatoms. The Morgan fingerprint density at radius 2 is 2.03 bits per heavy atom. The summed E-state index contributed by atoms with van der Waals surface area (Å²) in [6.45, 7) is 5.59. The van der Waals surface area contributed by atoms with Gasteiger partial charge in [0.15, 0.2) is 17.0 Å². The molecular formula is C23H37ClN5O8P. The summed E-state index contributed by atoms with van der Waals surface area (Å²) in [6.07, 6.45) is 4.76. The maximum absolute atomic E-state index is 12.2. The van der Waals surface area contributed by atoms with Crippen molar-refractivity contribution in [2.24, 2.45) is 5.41 Å². The lowest BCUT2D eigenvalue weighted by atomic mass is 9.99. The molecule has 2 N–H and O–H groups in total. The molecule has 0 bridgehead atoms. The minimum Gasteiger partial charge on any atom is -0.434 e. The van der Waals surface area contributed by atoms with Crippen LogP contribution in [0.3, 0.4) is 0 Å². The molecule has 1 unspecified atom stereocenters. The summed E-state index contributed by atoms with van der Waals surface area (Å²) >= 11 is 6.18. The molecule has 1 saturated carbocycles. The standard InChI is InChI=1S/C23H37ClN5O8P/c1-23(2,3)12-35-22(30)36-14-37-38(31,32)15-34-11-17(33-4)9-10-29-13-25-18-19(26-16-7-5-6-8-16)27-21(24)28-20(18)29/h13,16-17H,5-12,14-15H2,1-4H3,(H,31,32)(H,26,27,28)/t17-/m0/s1. The molecule has 38 heavy (non-hydrogen) atoms. The van der Waals surface area contributed by atoms with Gasteiger partial charge < -0.3 is 33.7 Å². The normalized spacial score (nSPS) is 16.9. The number of methoxy groups -OCH3 is 1. The molecule has 13 nitrogen and oxygen atoms in total. The zero-order valence-corrected chi connectivity index (χ0v) is 23.9. The Hall–Kier alpha value is -2.02. The second-order valence-electron chi connectivity index (χ2n) is 10.4. The fraction of sp³-hybridized carbons (Fsp3) is 0.739. The lowest BCUT2D eigenvalue weighted by Crippen LogP contribution is -2.21. The van der Waals surface area contributed by atoms with Crippen LogP contribution < -0.4 is 5.32 Å². The number of imidazole rings is 1. The second kappa shape index (κ2) is 13.9. The molecule has 2 aromatic heterocycles. The third kappa shape index (κ3) is 9.94. The van der Waals surface area contributed by atoms with Crippen LogP contribution >= 0.6 is 19.2 Å². The quantitative estimate of drug-likeness (QED) is 0.140. The first-order valence-electron chi connectivity index (χ1n) is 12.5. The van der Waals surface area contributed by atoms with Crippen molar-refractivity contribution in [3.63, 3.8) is 0 Å². The summed E-state index contributed by atoms with van der Waals surface area (Å²) in [4.78, 5) is 34.6. The molecule has 0 saturated heterocycles. The highest BCUT2D eigenvalue weighted by Crippen LogP contribution is 2.41. The summed E-state index contributed by atoms with van der Waals surface area (Å²) in [6, 6.07) is 0.352. The summed E-state index contributed by atoms with van der Waals surface area (Å²) in [5.74, 6) is 0.627. The zero-order chi connectivity index (χ0) is 27.8. The number of nitrogens with zero attached hydrogens (tertiary/aromatic N) is 4. The number of ether oxygens (including phenoxy) is 4. The molecule has 0 aliphatic heterocycles. The Labute approximate surface area is 227 Å². The van der Waals surface area contributed by atoms with Gasteiger partial charge in [0.1, 0.15) is 6.35 Å². The number of aryl methyl sites for hydroxylation is 1. The SMILES string of the molecule is CO[C@@H](CCn1cnc2c(NC3CCCC3)nc(Cl)nc21)COCP(=O)(O)OCOC(=O)OCC(C)(C)C. The third-order valence-electron chi connectivity index (χ3n) is 5.77. The van der Waals surface area contributed by atoms with Crippen LogP contribution in [-0.2, 0) is 34.6 Å².